The highest BCUT2D eigenvalue weighted by Gasteiger charge is 2.44. The maximum Gasteiger partial charge on any atom is 0.191 e. The number of guanidine groups is 1. The Hall–Kier alpha value is -1.54. The van der Waals surface area contributed by atoms with Gasteiger partial charge in [0.05, 0.1) is 12.8 Å². The topological polar surface area (TPSA) is 69.8 Å². The first-order valence-electron chi connectivity index (χ1n) is 9.31. The van der Waals surface area contributed by atoms with E-state index in [0.717, 1.165) is 19.0 Å². The lowest BCUT2D eigenvalue weighted by molar-refractivity contribution is 0.0437. The number of benzene rings is 1. The molecule has 0 bridgehead atoms. The van der Waals surface area contributed by atoms with E-state index < -0.39 is 5.60 Å². The molecule has 27 heavy (non-hydrogen) atoms. The lowest BCUT2D eigenvalue weighted by Gasteiger charge is -2.22. The number of hydrogen-bond acceptors (Lipinski definition) is 3. The van der Waals surface area contributed by atoms with Gasteiger partial charge in [-0.3, -0.25) is 0 Å². The average Bonchev–Trinajstić information content (AvgIpc) is 3.18. The standard InChI is InChI=1S/C21H29N3O2.HI/c1-4-22-19(23-14-20(3,25)18-10-7-13-26-18)24-15-21(11-12-21)17-9-6-5-8-16(17)2;/h5-10,13,25H,4,11-12,14-15H2,1-3H3,(H2,22,23,24);1H. The normalized spacial score (nSPS) is 17.6. The minimum absolute atomic E-state index is 0. The summed E-state index contributed by atoms with van der Waals surface area (Å²) in [6.45, 7) is 7.77. The van der Waals surface area contributed by atoms with Gasteiger partial charge in [0, 0.05) is 18.5 Å². The molecule has 1 fully saturated rings. The van der Waals surface area contributed by atoms with Crippen molar-refractivity contribution < 1.29 is 9.52 Å². The molecule has 0 spiro atoms. The first-order chi connectivity index (χ1) is 12.5. The van der Waals surface area contributed by atoms with Crippen molar-refractivity contribution in [3.05, 3.63) is 59.5 Å². The summed E-state index contributed by atoms with van der Waals surface area (Å²) in [5.74, 6) is 1.25. The molecule has 1 heterocycles. The van der Waals surface area contributed by atoms with Crippen LogP contribution in [0.5, 0.6) is 0 Å². The zero-order valence-electron chi connectivity index (χ0n) is 16.3. The maximum atomic E-state index is 10.6. The fourth-order valence-electron chi connectivity index (χ4n) is 3.35. The lowest BCUT2D eigenvalue weighted by atomic mass is 9.92. The van der Waals surface area contributed by atoms with E-state index in [4.69, 9.17) is 4.42 Å². The summed E-state index contributed by atoms with van der Waals surface area (Å²) in [5, 5.41) is 17.3. The number of hydrogen-bond donors (Lipinski definition) is 3. The van der Waals surface area contributed by atoms with Gasteiger partial charge in [-0.15, -0.1) is 24.0 Å². The molecule has 6 heteroatoms. The van der Waals surface area contributed by atoms with Crippen molar-refractivity contribution in [2.45, 2.75) is 44.6 Å². The van der Waals surface area contributed by atoms with Crippen molar-refractivity contribution in [3.63, 3.8) is 0 Å². The summed E-state index contributed by atoms with van der Waals surface area (Å²) in [5.41, 5.74) is 1.84. The third kappa shape index (κ3) is 5.25. The van der Waals surface area contributed by atoms with Gasteiger partial charge in [0.25, 0.3) is 0 Å². The van der Waals surface area contributed by atoms with E-state index >= 15 is 0 Å². The molecule has 0 aliphatic heterocycles. The monoisotopic (exact) mass is 483 g/mol. The number of aliphatic imine (C=N–C) groups is 1. The predicted octanol–water partition coefficient (Wildman–Crippen LogP) is 3.70. The Morgan fingerprint density at radius 3 is 2.56 bits per heavy atom. The fourth-order valence-corrected chi connectivity index (χ4v) is 3.35. The van der Waals surface area contributed by atoms with Crippen molar-refractivity contribution >= 4 is 29.9 Å². The van der Waals surface area contributed by atoms with Crippen LogP contribution in [0.3, 0.4) is 0 Å². The van der Waals surface area contributed by atoms with E-state index in [1.165, 1.54) is 24.0 Å². The molecular weight excluding hydrogens is 453 g/mol. The predicted molar refractivity (Wildman–Crippen MR) is 120 cm³/mol. The summed E-state index contributed by atoms with van der Waals surface area (Å²) in [4.78, 5) is 4.57. The van der Waals surface area contributed by atoms with Crippen LogP contribution in [0.2, 0.25) is 0 Å². The van der Waals surface area contributed by atoms with Crippen LogP contribution in [-0.4, -0.2) is 30.7 Å². The molecule has 0 radical (unpaired) electrons. The molecule has 0 saturated heterocycles. The Kier molecular flexibility index (Phi) is 7.33. The minimum Gasteiger partial charge on any atom is -0.466 e. The van der Waals surface area contributed by atoms with E-state index in [-0.39, 0.29) is 35.9 Å². The molecule has 1 unspecified atom stereocenters. The van der Waals surface area contributed by atoms with Gasteiger partial charge in [-0.25, -0.2) is 4.99 Å². The molecule has 0 amide bonds. The Morgan fingerprint density at radius 2 is 1.96 bits per heavy atom. The zero-order chi connectivity index (χ0) is 18.6. The molecular formula is C21H30IN3O2. The first-order valence-corrected chi connectivity index (χ1v) is 9.31. The SMILES string of the molecule is CCNC(=NCC(C)(O)c1ccco1)NCC1(c2ccccc2C)CC1.I. The first kappa shape index (κ1) is 21.8. The second-order valence-corrected chi connectivity index (χ2v) is 7.40. The van der Waals surface area contributed by atoms with Gasteiger partial charge in [-0.2, -0.15) is 0 Å². The number of nitrogens with zero attached hydrogens (tertiary/aromatic N) is 1. The highest BCUT2D eigenvalue weighted by molar-refractivity contribution is 14.0. The molecule has 1 aromatic carbocycles. The second kappa shape index (κ2) is 9.10. The number of aliphatic hydroxyl groups is 1. The molecule has 3 N–H and O–H groups in total. The Morgan fingerprint density at radius 1 is 1.22 bits per heavy atom. The molecule has 1 aliphatic carbocycles. The van der Waals surface area contributed by atoms with E-state index in [1.807, 2.05) is 6.92 Å². The highest BCUT2D eigenvalue weighted by Crippen LogP contribution is 2.48. The van der Waals surface area contributed by atoms with Gasteiger partial charge < -0.3 is 20.2 Å². The van der Waals surface area contributed by atoms with Gasteiger partial charge in [-0.1, -0.05) is 24.3 Å². The Labute approximate surface area is 178 Å². The van der Waals surface area contributed by atoms with Gasteiger partial charge in [0.15, 0.2) is 5.96 Å². The Balaban J connectivity index is 0.00000261. The van der Waals surface area contributed by atoms with Crippen LogP contribution >= 0.6 is 24.0 Å². The third-order valence-electron chi connectivity index (χ3n) is 5.11. The molecule has 1 aliphatic rings. The highest BCUT2D eigenvalue weighted by atomic mass is 127. The number of halogens is 1. The van der Waals surface area contributed by atoms with E-state index in [2.05, 4.69) is 46.8 Å². The molecule has 148 valence electrons. The summed E-state index contributed by atoms with van der Waals surface area (Å²) < 4.78 is 5.33. The lowest BCUT2D eigenvalue weighted by Crippen LogP contribution is -2.42. The van der Waals surface area contributed by atoms with Crippen LogP contribution < -0.4 is 10.6 Å². The van der Waals surface area contributed by atoms with Crippen LogP contribution in [0.1, 0.15) is 43.6 Å². The van der Waals surface area contributed by atoms with Gasteiger partial charge >= 0.3 is 0 Å². The van der Waals surface area contributed by atoms with Crippen molar-refractivity contribution in [3.8, 4) is 0 Å². The molecule has 2 aromatic rings. The van der Waals surface area contributed by atoms with Gasteiger partial charge in [0.1, 0.15) is 11.4 Å². The van der Waals surface area contributed by atoms with Crippen molar-refractivity contribution in [1.82, 2.24) is 10.6 Å². The zero-order valence-corrected chi connectivity index (χ0v) is 18.6. The van der Waals surface area contributed by atoms with E-state index in [9.17, 15) is 5.11 Å². The largest absolute Gasteiger partial charge is 0.466 e. The van der Waals surface area contributed by atoms with Gasteiger partial charge in [0.2, 0.25) is 0 Å². The summed E-state index contributed by atoms with van der Waals surface area (Å²) in [6, 6.07) is 12.2. The van der Waals surface area contributed by atoms with Crippen molar-refractivity contribution in [2.75, 3.05) is 19.6 Å². The number of aryl methyl sites for hydroxylation is 1. The smallest absolute Gasteiger partial charge is 0.191 e. The fraction of sp³-hybridized carbons (Fsp3) is 0.476. The maximum absolute atomic E-state index is 10.6. The van der Waals surface area contributed by atoms with Crippen molar-refractivity contribution in [2.24, 2.45) is 4.99 Å². The van der Waals surface area contributed by atoms with Crippen LogP contribution in [0.4, 0.5) is 0 Å². The number of furan rings is 1. The minimum atomic E-state index is -1.13. The van der Waals surface area contributed by atoms with Crippen molar-refractivity contribution in [1.29, 1.82) is 0 Å². The molecule has 1 atom stereocenters. The third-order valence-corrected chi connectivity index (χ3v) is 5.11. The Bertz CT molecular complexity index is 753. The van der Waals surface area contributed by atoms with Crippen LogP contribution in [0.15, 0.2) is 52.1 Å². The van der Waals surface area contributed by atoms with Gasteiger partial charge in [-0.05, 0) is 56.9 Å². The van der Waals surface area contributed by atoms with Crippen LogP contribution in [0, 0.1) is 6.92 Å². The summed E-state index contributed by atoms with van der Waals surface area (Å²) in [6.07, 6.45) is 3.94. The quantitative estimate of drug-likeness (QED) is 0.319. The molecule has 1 saturated carbocycles. The molecule has 3 rings (SSSR count). The van der Waals surface area contributed by atoms with E-state index in [1.54, 1.807) is 25.3 Å². The average molecular weight is 483 g/mol. The number of nitrogens with one attached hydrogen (secondary N) is 2. The summed E-state index contributed by atoms with van der Waals surface area (Å²) in [7, 11) is 0. The molecule has 1 aromatic heterocycles. The summed E-state index contributed by atoms with van der Waals surface area (Å²) >= 11 is 0. The van der Waals surface area contributed by atoms with E-state index in [0.29, 0.717) is 5.76 Å². The van der Waals surface area contributed by atoms with Crippen LogP contribution in [-0.2, 0) is 11.0 Å². The number of rotatable bonds is 7. The van der Waals surface area contributed by atoms with Crippen LogP contribution in [0.25, 0.3) is 0 Å². The second-order valence-electron chi connectivity index (χ2n) is 7.40. The molecule has 5 nitrogen and oxygen atoms in total.